The maximum atomic E-state index is 11.7. The van der Waals surface area contributed by atoms with E-state index < -0.39 is 5.56 Å². The van der Waals surface area contributed by atoms with Crippen molar-refractivity contribution < 1.29 is 4.79 Å². The Morgan fingerprint density at radius 2 is 1.95 bits per heavy atom. The SMILES string of the molecule is CNC(=O)c1ccc(-c2cc(C)[nH]c(=O)c2C#N)cc1. The minimum absolute atomic E-state index is 0.0725. The first-order valence-electron chi connectivity index (χ1n) is 6.03. The minimum Gasteiger partial charge on any atom is -0.355 e. The number of H-pyrrole nitrogens is 1. The first kappa shape index (κ1) is 13.6. The third-order valence-electron chi connectivity index (χ3n) is 2.96. The van der Waals surface area contributed by atoms with Crippen LogP contribution in [0.2, 0.25) is 0 Å². The molecule has 100 valence electrons. The maximum absolute atomic E-state index is 11.7. The molecule has 1 heterocycles. The van der Waals surface area contributed by atoms with E-state index in [9.17, 15) is 9.59 Å². The van der Waals surface area contributed by atoms with Gasteiger partial charge in [0.25, 0.3) is 11.5 Å². The highest BCUT2D eigenvalue weighted by Gasteiger charge is 2.11. The van der Waals surface area contributed by atoms with E-state index in [1.165, 1.54) is 0 Å². The van der Waals surface area contributed by atoms with E-state index >= 15 is 0 Å². The van der Waals surface area contributed by atoms with Gasteiger partial charge in [0.1, 0.15) is 11.6 Å². The lowest BCUT2D eigenvalue weighted by molar-refractivity contribution is 0.0963. The van der Waals surface area contributed by atoms with E-state index in [4.69, 9.17) is 5.26 Å². The van der Waals surface area contributed by atoms with Crippen molar-refractivity contribution in [3.63, 3.8) is 0 Å². The van der Waals surface area contributed by atoms with Gasteiger partial charge in [-0.1, -0.05) is 12.1 Å². The lowest BCUT2D eigenvalue weighted by Crippen LogP contribution is -2.17. The highest BCUT2D eigenvalue weighted by molar-refractivity contribution is 5.94. The molecule has 1 aromatic carbocycles. The Morgan fingerprint density at radius 1 is 1.30 bits per heavy atom. The summed E-state index contributed by atoms with van der Waals surface area (Å²) in [5.74, 6) is -0.181. The number of hydrogen-bond donors (Lipinski definition) is 2. The molecule has 1 aromatic heterocycles. The van der Waals surface area contributed by atoms with Crippen LogP contribution in [0.3, 0.4) is 0 Å². The van der Waals surface area contributed by atoms with E-state index in [2.05, 4.69) is 10.3 Å². The number of nitrogens with zero attached hydrogens (tertiary/aromatic N) is 1. The summed E-state index contributed by atoms with van der Waals surface area (Å²) in [6.45, 7) is 1.75. The van der Waals surface area contributed by atoms with Crippen LogP contribution in [-0.4, -0.2) is 17.9 Å². The standard InChI is InChI=1S/C15H13N3O2/c1-9-7-12(13(8-16)15(20)18-9)10-3-5-11(6-4-10)14(19)17-2/h3-7H,1-2H3,(H,17,19)(H,18,20). The molecule has 2 aromatic rings. The molecule has 1 amide bonds. The molecule has 0 aliphatic carbocycles. The molecule has 0 spiro atoms. The Hall–Kier alpha value is -2.87. The van der Waals surface area contributed by atoms with Crippen LogP contribution < -0.4 is 10.9 Å². The smallest absolute Gasteiger partial charge is 0.266 e. The quantitative estimate of drug-likeness (QED) is 0.866. The number of nitrogens with one attached hydrogen (secondary N) is 2. The molecule has 0 aliphatic heterocycles. The number of carbonyl (C=O) groups is 1. The minimum atomic E-state index is -0.405. The second-order valence-corrected chi connectivity index (χ2v) is 4.34. The molecule has 2 N–H and O–H groups in total. The Labute approximate surface area is 115 Å². The number of rotatable bonds is 2. The number of aromatic nitrogens is 1. The first-order valence-corrected chi connectivity index (χ1v) is 6.03. The fourth-order valence-corrected chi connectivity index (χ4v) is 1.97. The van der Waals surface area contributed by atoms with E-state index in [0.29, 0.717) is 16.8 Å². The summed E-state index contributed by atoms with van der Waals surface area (Å²) >= 11 is 0. The monoisotopic (exact) mass is 267 g/mol. The van der Waals surface area contributed by atoms with E-state index in [1.807, 2.05) is 6.07 Å². The van der Waals surface area contributed by atoms with Crippen LogP contribution in [0, 0.1) is 18.3 Å². The van der Waals surface area contributed by atoms with E-state index in [0.717, 1.165) is 5.56 Å². The predicted octanol–water partition coefficient (Wildman–Crippen LogP) is 1.58. The van der Waals surface area contributed by atoms with Crippen molar-refractivity contribution in [3.05, 3.63) is 57.5 Å². The molecule has 2 rings (SSSR count). The largest absolute Gasteiger partial charge is 0.355 e. The van der Waals surface area contributed by atoms with Gasteiger partial charge in [0.05, 0.1) is 0 Å². The number of pyridine rings is 1. The van der Waals surface area contributed by atoms with Crippen molar-refractivity contribution >= 4 is 5.91 Å². The molecule has 0 aliphatic rings. The van der Waals surface area contributed by atoms with Crippen molar-refractivity contribution in [1.29, 1.82) is 5.26 Å². The van der Waals surface area contributed by atoms with Crippen LogP contribution in [0.25, 0.3) is 11.1 Å². The molecule has 20 heavy (non-hydrogen) atoms. The van der Waals surface area contributed by atoms with Gasteiger partial charge in [-0.2, -0.15) is 5.26 Å². The van der Waals surface area contributed by atoms with E-state index in [1.54, 1.807) is 44.3 Å². The summed E-state index contributed by atoms with van der Waals surface area (Å²) in [4.78, 5) is 25.8. The third-order valence-corrected chi connectivity index (χ3v) is 2.96. The maximum Gasteiger partial charge on any atom is 0.266 e. The van der Waals surface area contributed by atoms with Gasteiger partial charge in [0.2, 0.25) is 0 Å². The van der Waals surface area contributed by atoms with Gasteiger partial charge in [-0.05, 0) is 30.7 Å². The summed E-state index contributed by atoms with van der Waals surface area (Å²) in [6, 6.07) is 10.4. The summed E-state index contributed by atoms with van der Waals surface area (Å²) < 4.78 is 0. The lowest BCUT2D eigenvalue weighted by atomic mass is 10.00. The molecule has 0 saturated carbocycles. The number of hydrogen-bond acceptors (Lipinski definition) is 3. The first-order chi connectivity index (χ1) is 9.56. The van der Waals surface area contributed by atoms with Crippen molar-refractivity contribution in [2.24, 2.45) is 0 Å². The average molecular weight is 267 g/mol. The Bertz CT molecular complexity index is 752. The zero-order valence-electron chi connectivity index (χ0n) is 11.2. The van der Waals surface area contributed by atoms with Crippen molar-refractivity contribution in [3.8, 4) is 17.2 Å². The molecule has 5 heteroatoms. The average Bonchev–Trinajstić information content (AvgIpc) is 2.46. The van der Waals surface area contributed by atoms with Gasteiger partial charge in [0, 0.05) is 23.9 Å². The fourth-order valence-electron chi connectivity index (χ4n) is 1.97. The van der Waals surface area contributed by atoms with Crippen molar-refractivity contribution in [2.45, 2.75) is 6.92 Å². The molecule has 0 unspecified atom stereocenters. The van der Waals surface area contributed by atoms with Crippen LogP contribution in [0.4, 0.5) is 0 Å². The normalized spacial score (nSPS) is 9.85. The van der Waals surface area contributed by atoms with Gasteiger partial charge in [-0.25, -0.2) is 0 Å². The Kier molecular flexibility index (Phi) is 3.67. The zero-order valence-corrected chi connectivity index (χ0v) is 11.2. The highest BCUT2D eigenvalue weighted by Crippen LogP contribution is 2.22. The Balaban J connectivity index is 2.55. The molecular weight excluding hydrogens is 254 g/mol. The van der Waals surface area contributed by atoms with Gasteiger partial charge in [0.15, 0.2) is 0 Å². The van der Waals surface area contributed by atoms with Gasteiger partial charge < -0.3 is 10.3 Å². The number of carbonyl (C=O) groups excluding carboxylic acids is 1. The molecule has 5 nitrogen and oxygen atoms in total. The number of benzene rings is 1. The summed E-state index contributed by atoms with van der Waals surface area (Å²) in [5, 5.41) is 11.6. The van der Waals surface area contributed by atoms with Crippen molar-refractivity contribution in [2.75, 3.05) is 7.05 Å². The van der Waals surface area contributed by atoms with Crippen LogP contribution in [0.5, 0.6) is 0 Å². The topological polar surface area (TPSA) is 85.8 Å². The molecule has 0 fully saturated rings. The number of aromatic amines is 1. The number of aryl methyl sites for hydroxylation is 1. The summed E-state index contributed by atoms with van der Waals surface area (Å²) in [6.07, 6.45) is 0. The van der Waals surface area contributed by atoms with Crippen LogP contribution in [0.1, 0.15) is 21.6 Å². The second-order valence-electron chi connectivity index (χ2n) is 4.34. The summed E-state index contributed by atoms with van der Waals surface area (Å²) in [7, 11) is 1.56. The highest BCUT2D eigenvalue weighted by atomic mass is 16.1. The van der Waals surface area contributed by atoms with E-state index in [-0.39, 0.29) is 11.5 Å². The third kappa shape index (κ3) is 2.45. The molecule has 0 bridgehead atoms. The predicted molar refractivity (Wildman–Crippen MR) is 75.3 cm³/mol. The van der Waals surface area contributed by atoms with Crippen molar-refractivity contribution in [1.82, 2.24) is 10.3 Å². The fraction of sp³-hybridized carbons (Fsp3) is 0.133. The van der Waals surface area contributed by atoms with Gasteiger partial charge in [-0.15, -0.1) is 0 Å². The lowest BCUT2D eigenvalue weighted by Gasteiger charge is -2.06. The van der Waals surface area contributed by atoms with Gasteiger partial charge in [-0.3, -0.25) is 9.59 Å². The molecule has 0 atom stereocenters. The Morgan fingerprint density at radius 3 is 2.50 bits per heavy atom. The number of nitriles is 1. The molecular formula is C15H13N3O2. The van der Waals surface area contributed by atoms with Crippen LogP contribution in [-0.2, 0) is 0 Å². The number of amides is 1. The molecule has 0 radical (unpaired) electrons. The van der Waals surface area contributed by atoms with Gasteiger partial charge >= 0.3 is 0 Å². The molecule has 0 saturated heterocycles. The van der Waals surface area contributed by atoms with Crippen LogP contribution >= 0.6 is 0 Å². The summed E-state index contributed by atoms with van der Waals surface area (Å²) in [5.41, 5.74) is 2.16. The second kappa shape index (κ2) is 5.41. The zero-order chi connectivity index (χ0) is 14.7. The van der Waals surface area contributed by atoms with Crippen LogP contribution in [0.15, 0.2) is 35.1 Å².